The highest BCUT2D eigenvalue weighted by Crippen LogP contribution is 2.37. The van der Waals surface area contributed by atoms with Crippen molar-refractivity contribution in [1.82, 2.24) is 29.7 Å². The zero-order valence-corrected chi connectivity index (χ0v) is 28.8. The van der Waals surface area contributed by atoms with Crippen molar-refractivity contribution in [2.45, 2.75) is 97.6 Å². The van der Waals surface area contributed by atoms with Gasteiger partial charge in [0.05, 0.1) is 24.5 Å². The summed E-state index contributed by atoms with van der Waals surface area (Å²) < 4.78 is 26.3. The van der Waals surface area contributed by atoms with Gasteiger partial charge in [-0.1, -0.05) is 55.5 Å². The quantitative estimate of drug-likeness (QED) is 0.206. The SMILES string of the molecule is CC1C[C@H]1N(Cc1nc(-c2ccc(-c3ccc(-c4cnc(C5CCCN5C(=O)OC(C)(C)C)[nH]4)cc3)cc2)c(F)[nH]1)C(=O)OC(C)(C)C. The summed E-state index contributed by atoms with van der Waals surface area (Å²) in [6.45, 7) is 14.0. The summed E-state index contributed by atoms with van der Waals surface area (Å²) in [6.07, 6.45) is 3.67. The zero-order chi connectivity index (χ0) is 34.4. The molecule has 3 atom stereocenters. The zero-order valence-electron chi connectivity index (χ0n) is 28.8. The van der Waals surface area contributed by atoms with Gasteiger partial charge in [-0.2, -0.15) is 4.39 Å². The fraction of sp³-hybridized carbons (Fsp3) is 0.459. The van der Waals surface area contributed by atoms with E-state index in [0.717, 1.165) is 47.5 Å². The molecule has 2 unspecified atom stereocenters. The molecule has 3 heterocycles. The van der Waals surface area contributed by atoms with E-state index in [1.807, 2.05) is 90.1 Å². The van der Waals surface area contributed by atoms with Crippen molar-refractivity contribution in [1.29, 1.82) is 0 Å². The van der Waals surface area contributed by atoms with E-state index in [1.165, 1.54) is 0 Å². The van der Waals surface area contributed by atoms with Gasteiger partial charge in [-0.25, -0.2) is 19.6 Å². The van der Waals surface area contributed by atoms with Crippen LogP contribution in [0.4, 0.5) is 14.0 Å². The highest BCUT2D eigenvalue weighted by molar-refractivity contribution is 5.72. The summed E-state index contributed by atoms with van der Waals surface area (Å²) >= 11 is 0. The topological polar surface area (TPSA) is 116 Å². The lowest BCUT2D eigenvalue weighted by Gasteiger charge is -2.27. The van der Waals surface area contributed by atoms with E-state index < -0.39 is 23.2 Å². The summed E-state index contributed by atoms with van der Waals surface area (Å²) in [4.78, 5) is 44.3. The van der Waals surface area contributed by atoms with E-state index in [9.17, 15) is 9.59 Å². The molecule has 1 aliphatic carbocycles. The molecule has 48 heavy (non-hydrogen) atoms. The van der Waals surface area contributed by atoms with Crippen LogP contribution in [0, 0.1) is 11.9 Å². The average Bonchev–Trinajstić information content (AvgIpc) is 3.42. The molecule has 1 saturated heterocycles. The lowest BCUT2D eigenvalue weighted by atomic mass is 10.0. The Kier molecular flexibility index (Phi) is 8.82. The summed E-state index contributed by atoms with van der Waals surface area (Å²) in [5.41, 5.74) is 3.49. The molecular formula is C37H45FN6O4. The molecule has 10 nitrogen and oxygen atoms in total. The predicted molar refractivity (Wildman–Crippen MR) is 181 cm³/mol. The van der Waals surface area contributed by atoms with Crippen molar-refractivity contribution >= 4 is 12.2 Å². The normalized spacial score (nSPS) is 19.3. The number of carbonyl (C=O) groups is 2. The van der Waals surface area contributed by atoms with E-state index in [-0.39, 0.29) is 30.4 Å². The Bertz CT molecular complexity index is 1770. The molecule has 1 saturated carbocycles. The van der Waals surface area contributed by atoms with E-state index in [4.69, 9.17) is 9.47 Å². The number of H-pyrrole nitrogens is 2. The van der Waals surface area contributed by atoms with Crippen LogP contribution in [0.15, 0.2) is 54.7 Å². The Hall–Kier alpha value is -4.67. The maximum Gasteiger partial charge on any atom is 0.410 e. The number of imidazole rings is 2. The molecule has 0 spiro atoms. The van der Waals surface area contributed by atoms with Crippen molar-refractivity contribution < 1.29 is 23.5 Å². The van der Waals surface area contributed by atoms with Crippen LogP contribution in [0.1, 0.15) is 85.4 Å². The third kappa shape index (κ3) is 7.55. The molecule has 1 aliphatic heterocycles. The molecule has 2 N–H and O–H groups in total. The molecule has 11 heteroatoms. The first-order chi connectivity index (χ1) is 22.6. The summed E-state index contributed by atoms with van der Waals surface area (Å²) in [5, 5.41) is 0. The molecule has 2 amide bonds. The lowest BCUT2D eigenvalue weighted by Crippen LogP contribution is -2.38. The number of hydrogen-bond acceptors (Lipinski definition) is 6. The number of likely N-dealkylation sites (tertiary alicyclic amines) is 1. The van der Waals surface area contributed by atoms with Crippen molar-refractivity contribution in [3.63, 3.8) is 0 Å². The Morgan fingerprint density at radius 1 is 0.917 bits per heavy atom. The largest absolute Gasteiger partial charge is 0.444 e. The van der Waals surface area contributed by atoms with E-state index in [0.29, 0.717) is 23.9 Å². The van der Waals surface area contributed by atoms with Crippen molar-refractivity contribution in [2.24, 2.45) is 5.92 Å². The highest BCUT2D eigenvalue weighted by atomic mass is 19.1. The fourth-order valence-corrected chi connectivity index (χ4v) is 6.11. The van der Waals surface area contributed by atoms with Crippen LogP contribution in [0.5, 0.6) is 0 Å². The molecule has 0 bridgehead atoms. The first kappa shape index (κ1) is 33.2. The fourth-order valence-electron chi connectivity index (χ4n) is 6.11. The lowest BCUT2D eigenvalue weighted by molar-refractivity contribution is 0.0198. The van der Waals surface area contributed by atoms with Crippen LogP contribution in [-0.2, 0) is 16.0 Å². The van der Waals surface area contributed by atoms with Crippen LogP contribution in [0.2, 0.25) is 0 Å². The number of aromatic amines is 2. The first-order valence-electron chi connectivity index (χ1n) is 16.6. The number of benzene rings is 2. The molecule has 254 valence electrons. The number of aromatic nitrogens is 4. The van der Waals surface area contributed by atoms with Gasteiger partial charge in [0.25, 0.3) is 0 Å². The second-order valence-electron chi connectivity index (χ2n) is 14.9. The van der Waals surface area contributed by atoms with Gasteiger partial charge in [-0.05, 0) is 83.4 Å². The predicted octanol–water partition coefficient (Wildman–Crippen LogP) is 8.49. The number of nitrogens with zero attached hydrogens (tertiary/aromatic N) is 4. The minimum Gasteiger partial charge on any atom is -0.444 e. The molecule has 2 aliphatic rings. The molecule has 0 radical (unpaired) electrons. The second kappa shape index (κ2) is 12.7. The van der Waals surface area contributed by atoms with E-state index in [2.05, 4.69) is 26.9 Å². The number of hydrogen-bond donors (Lipinski definition) is 2. The summed E-state index contributed by atoms with van der Waals surface area (Å²) in [6, 6.07) is 15.6. The van der Waals surface area contributed by atoms with Gasteiger partial charge < -0.3 is 19.4 Å². The van der Waals surface area contributed by atoms with Crippen LogP contribution < -0.4 is 0 Å². The maximum atomic E-state index is 15.1. The van der Waals surface area contributed by atoms with Crippen LogP contribution in [0.25, 0.3) is 33.6 Å². The van der Waals surface area contributed by atoms with Gasteiger partial charge in [0, 0.05) is 18.2 Å². The summed E-state index contributed by atoms with van der Waals surface area (Å²) in [7, 11) is 0. The standard InChI is InChI=1S/C37H45FN6O4/c1-22-19-29(22)44(35(46)48-37(5,6)7)21-30-41-31(32(38)42-30)26-16-12-24(13-17-26)23-10-14-25(15-11-23)27-20-39-33(40-27)28-9-8-18-43(28)34(45)47-36(2,3)4/h10-17,20,22,28-29H,8-9,18-19,21H2,1-7H3,(H,39,40)(H,41,42)/t22?,28?,29-/m1/s1. The number of nitrogens with one attached hydrogen (secondary N) is 2. The monoisotopic (exact) mass is 656 g/mol. The second-order valence-corrected chi connectivity index (χ2v) is 14.9. The van der Waals surface area contributed by atoms with Crippen molar-refractivity contribution in [2.75, 3.05) is 6.54 Å². The van der Waals surface area contributed by atoms with Gasteiger partial charge in [-0.15, -0.1) is 0 Å². The molecule has 2 aromatic heterocycles. The minimum atomic E-state index is -0.625. The average molecular weight is 657 g/mol. The Morgan fingerprint density at radius 2 is 1.50 bits per heavy atom. The number of ether oxygens (including phenoxy) is 2. The van der Waals surface area contributed by atoms with Gasteiger partial charge >= 0.3 is 12.2 Å². The molecule has 2 aromatic carbocycles. The Morgan fingerprint density at radius 3 is 2.08 bits per heavy atom. The first-order valence-corrected chi connectivity index (χ1v) is 16.6. The van der Waals surface area contributed by atoms with Gasteiger partial charge in [0.1, 0.15) is 28.5 Å². The number of carbonyl (C=O) groups excluding carboxylic acids is 2. The summed E-state index contributed by atoms with van der Waals surface area (Å²) in [5.74, 6) is 0.950. The Labute approximate surface area is 281 Å². The van der Waals surface area contributed by atoms with Crippen molar-refractivity contribution in [3.05, 3.63) is 72.3 Å². The molecule has 2 fully saturated rings. The number of rotatable bonds is 7. The van der Waals surface area contributed by atoms with Crippen molar-refractivity contribution in [3.8, 4) is 33.6 Å². The van der Waals surface area contributed by atoms with Gasteiger partial charge in [0.15, 0.2) is 0 Å². The maximum absolute atomic E-state index is 15.1. The minimum absolute atomic E-state index is 0.0549. The van der Waals surface area contributed by atoms with Crippen LogP contribution >= 0.6 is 0 Å². The third-order valence-corrected chi connectivity index (χ3v) is 8.60. The van der Waals surface area contributed by atoms with E-state index in [1.54, 1.807) is 16.0 Å². The number of amides is 2. The smallest absolute Gasteiger partial charge is 0.410 e. The molecule has 6 rings (SSSR count). The molecular weight excluding hydrogens is 611 g/mol. The highest BCUT2D eigenvalue weighted by Gasteiger charge is 2.42. The van der Waals surface area contributed by atoms with Crippen LogP contribution in [0.3, 0.4) is 0 Å². The third-order valence-electron chi connectivity index (χ3n) is 8.60. The molecule has 4 aromatic rings. The van der Waals surface area contributed by atoms with E-state index >= 15 is 4.39 Å². The Balaban J connectivity index is 1.12. The van der Waals surface area contributed by atoms with Gasteiger partial charge in [-0.3, -0.25) is 9.80 Å². The van der Waals surface area contributed by atoms with Gasteiger partial charge in [0.2, 0.25) is 5.95 Å². The number of halogens is 1. The van der Waals surface area contributed by atoms with Crippen LogP contribution in [-0.4, -0.2) is 65.7 Å².